The van der Waals surface area contributed by atoms with Crippen LogP contribution in [-0.4, -0.2) is 23.7 Å². The molecule has 0 unspecified atom stereocenters. The molecule has 0 amide bonds. The highest BCUT2D eigenvalue weighted by Gasteiger charge is 2.32. The van der Waals surface area contributed by atoms with E-state index < -0.39 is 5.67 Å². The van der Waals surface area contributed by atoms with Gasteiger partial charge < -0.3 is 9.73 Å². The minimum atomic E-state index is -1.09. The van der Waals surface area contributed by atoms with Crippen molar-refractivity contribution in [3.05, 3.63) is 18.4 Å². The van der Waals surface area contributed by atoms with Gasteiger partial charge in [-0.3, -0.25) is 0 Å². The van der Waals surface area contributed by atoms with Crippen molar-refractivity contribution in [2.75, 3.05) is 13.1 Å². The van der Waals surface area contributed by atoms with Crippen LogP contribution in [0.1, 0.15) is 18.6 Å². The lowest BCUT2D eigenvalue weighted by atomic mass is 9.90. The van der Waals surface area contributed by atoms with E-state index in [1.807, 2.05) is 0 Å². The third-order valence-electron chi connectivity index (χ3n) is 2.47. The van der Waals surface area contributed by atoms with Crippen LogP contribution in [0.4, 0.5) is 4.39 Å². The number of hydrogen-bond acceptors (Lipinski definition) is 3. The van der Waals surface area contributed by atoms with Gasteiger partial charge in [-0.05, 0) is 25.9 Å². The Hall–Kier alpha value is -0.900. The zero-order valence-corrected chi connectivity index (χ0v) is 7.42. The molecule has 0 spiro atoms. The number of oxazole rings is 1. The fourth-order valence-electron chi connectivity index (χ4n) is 1.69. The van der Waals surface area contributed by atoms with Crippen LogP contribution in [0.5, 0.6) is 0 Å². The number of alkyl halides is 1. The number of piperidine rings is 1. The summed E-state index contributed by atoms with van der Waals surface area (Å²) in [5.74, 6) is 0.643. The highest BCUT2D eigenvalue weighted by molar-refractivity contribution is 4.98. The first-order valence-corrected chi connectivity index (χ1v) is 4.56. The van der Waals surface area contributed by atoms with E-state index in [9.17, 15) is 4.39 Å². The van der Waals surface area contributed by atoms with Crippen LogP contribution in [0.2, 0.25) is 0 Å². The van der Waals surface area contributed by atoms with Crippen molar-refractivity contribution in [1.82, 2.24) is 10.3 Å². The predicted octanol–water partition coefficient (Wildman–Crippen LogP) is 1.31. The summed E-state index contributed by atoms with van der Waals surface area (Å²) in [6.45, 7) is 1.51. The molecule has 0 aromatic carbocycles. The lowest BCUT2D eigenvalue weighted by Crippen LogP contribution is -2.40. The Balaban J connectivity index is 1.99. The van der Waals surface area contributed by atoms with Crippen LogP contribution >= 0.6 is 0 Å². The highest BCUT2D eigenvalue weighted by Crippen LogP contribution is 2.27. The van der Waals surface area contributed by atoms with Gasteiger partial charge in [0.15, 0.2) is 6.39 Å². The molecule has 1 aromatic heterocycles. The van der Waals surface area contributed by atoms with Crippen molar-refractivity contribution in [3.8, 4) is 0 Å². The zero-order chi connectivity index (χ0) is 9.15. The Morgan fingerprint density at radius 1 is 1.54 bits per heavy atom. The Labute approximate surface area is 76.3 Å². The monoisotopic (exact) mass is 184 g/mol. The molecule has 1 aliphatic rings. The number of halogens is 1. The molecule has 1 fully saturated rings. The first kappa shape index (κ1) is 8.69. The van der Waals surface area contributed by atoms with Crippen LogP contribution < -0.4 is 5.32 Å². The maximum Gasteiger partial charge on any atom is 0.180 e. The fraction of sp³-hybridized carbons (Fsp3) is 0.667. The smallest absolute Gasteiger partial charge is 0.180 e. The second-order valence-electron chi connectivity index (χ2n) is 3.55. The van der Waals surface area contributed by atoms with Crippen molar-refractivity contribution < 1.29 is 8.81 Å². The summed E-state index contributed by atoms with van der Waals surface area (Å²) in [6.07, 6.45) is 4.42. The molecule has 0 bridgehead atoms. The third-order valence-corrected chi connectivity index (χ3v) is 2.47. The number of rotatable bonds is 2. The van der Waals surface area contributed by atoms with Crippen molar-refractivity contribution in [2.24, 2.45) is 0 Å². The van der Waals surface area contributed by atoms with Gasteiger partial charge in [0.25, 0.3) is 0 Å². The van der Waals surface area contributed by atoms with E-state index in [1.165, 1.54) is 6.39 Å². The molecule has 0 radical (unpaired) electrons. The van der Waals surface area contributed by atoms with E-state index in [4.69, 9.17) is 4.42 Å². The summed E-state index contributed by atoms with van der Waals surface area (Å²) in [5, 5.41) is 3.13. The molecule has 4 heteroatoms. The molecule has 0 aliphatic carbocycles. The lowest BCUT2D eigenvalue weighted by molar-refractivity contribution is 0.109. The average molecular weight is 184 g/mol. The summed E-state index contributed by atoms with van der Waals surface area (Å²) in [4.78, 5) is 3.77. The Kier molecular flexibility index (Phi) is 2.31. The van der Waals surface area contributed by atoms with Gasteiger partial charge in [0.05, 0.1) is 6.20 Å². The molecular formula is C9H13FN2O. The largest absolute Gasteiger partial charge is 0.448 e. The molecule has 1 saturated heterocycles. The molecule has 13 heavy (non-hydrogen) atoms. The fourth-order valence-corrected chi connectivity index (χ4v) is 1.69. The number of hydrogen-bond donors (Lipinski definition) is 1. The normalized spacial score (nSPS) is 21.6. The first-order valence-electron chi connectivity index (χ1n) is 4.56. The SMILES string of the molecule is FC1(Cc2cnco2)CCNCC1. The number of nitrogens with one attached hydrogen (secondary N) is 1. The summed E-state index contributed by atoms with van der Waals surface area (Å²) >= 11 is 0. The topological polar surface area (TPSA) is 38.1 Å². The minimum Gasteiger partial charge on any atom is -0.448 e. The van der Waals surface area contributed by atoms with Gasteiger partial charge in [0, 0.05) is 6.42 Å². The second-order valence-corrected chi connectivity index (χ2v) is 3.55. The van der Waals surface area contributed by atoms with Crippen LogP contribution in [-0.2, 0) is 6.42 Å². The quantitative estimate of drug-likeness (QED) is 0.753. The van der Waals surface area contributed by atoms with E-state index in [-0.39, 0.29) is 0 Å². The van der Waals surface area contributed by atoms with Gasteiger partial charge in [-0.1, -0.05) is 0 Å². The van der Waals surface area contributed by atoms with Crippen LogP contribution in [0.25, 0.3) is 0 Å². The summed E-state index contributed by atoms with van der Waals surface area (Å²) in [7, 11) is 0. The Morgan fingerprint density at radius 3 is 2.92 bits per heavy atom. The zero-order valence-electron chi connectivity index (χ0n) is 7.42. The van der Waals surface area contributed by atoms with Crippen LogP contribution in [0.15, 0.2) is 17.0 Å². The number of aromatic nitrogens is 1. The Bertz CT molecular complexity index is 255. The molecule has 3 nitrogen and oxygen atoms in total. The van der Waals surface area contributed by atoms with Crippen LogP contribution in [0.3, 0.4) is 0 Å². The molecule has 2 rings (SSSR count). The molecule has 72 valence electrons. The highest BCUT2D eigenvalue weighted by atomic mass is 19.1. The third kappa shape index (κ3) is 2.06. The van der Waals surface area contributed by atoms with Gasteiger partial charge in [0.1, 0.15) is 11.4 Å². The maximum absolute atomic E-state index is 14.0. The molecule has 2 heterocycles. The van der Waals surface area contributed by atoms with Crippen LogP contribution in [0, 0.1) is 0 Å². The van der Waals surface area contributed by atoms with E-state index in [1.54, 1.807) is 6.20 Å². The molecule has 1 aromatic rings. The second kappa shape index (κ2) is 3.46. The predicted molar refractivity (Wildman–Crippen MR) is 46.1 cm³/mol. The Morgan fingerprint density at radius 2 is 2.31 bits per heavy atom. The average Bonchev–Trinajstić information content (AvgIpc) is 2.57. The maximum atomic E-state index is 14.0. The van der Waals surface area contributed by atoms with E-state index in [0.717, 1.165) is 13.1 Å². The van der Waals surface area contributed by atoms with E-state index in [0.29, 0.717) is 25.0 Å². The molecule has 1 N–H and O–H groups in total. The van der Waals surface area contributed by atoms with Crippen molar-refractivity contribution in [2.45, 2.75) is 24.9 Å². The van der Waals surface area contributed by atoms with Gasteiger partial charge in [-0.15, -0.1) is 0 Å². The standard InChI is InChI=1S/C9H13FN2O/c10-9(1-3-11-4-2-9)5-8-6-12-7-13-8/h6-7,11H,1-5H2. The van der Waals surface area contributed by atoms with Crippen molar-refractivity contribution in [1.29, 1.82) is 0 Å². The summed E-state index contributed by atoms with van der Waals surface area (Å²) < 4.78 is 19.0. The van der Waals surface area contributed by atoms with Gasteiger partial charge in [-0.2, -0.15) is 0 Å². The molecule has 0 saturated carbocycles. The molecule has 1 aliphatic heterocycles. The van der Waals surface area contributed by atoms with Crippen molar-refractivity contribution in [3.63, 3.8) is 0 Å². The van der Waals surface area contributed by atoms with Gasteiger partial charge in [0.2, 0.25) is 0 Å². The van der Waals surface area contributed by atoms with E-state index in [2.05, 4.69) is 10.3 Å². The number of nitrogens with zero attached hydrogens (tertiary/aromatic N) is 1. The van der Waals surface area contributed by atoms with Gasteiger partial charge in [-0.25, -0.2) is 9.37 Å². The summed E-state index contributed by atoms with van der Waals surface area (Å²) in [5.41, 5.74) is -1.09. The van der Waals surface area contributed by atoms with Crippen molar-refractivity contribution >= 4 is 0 Å². The first-order chi connectivity index (χ1) is 6.29. The lowest BCUT2D eigenvalue weighted by Gasteiger charge is -2.28. The van der Waals surface area contributed by atoms with E-state index >= 15 is 0 Å². The minimum absolute atomic E-state index is 0.356. The molecular weight excluding hydrogens is 171 g/mol. The van der Waals surface area contributed by atoms with Gasteiger partial charge >= 0.3 is 0 Å². The molecule has 0 atom stereocenters. The summed E-state index contributed by atoms with van der Waals surface area (Å²) in [6, 6.07) is 0.